The van der Waals surface area contributed by atoms with Crippen LogP contribution in [0.2, 0.25) is 0 Å². The predicted molar refractivity (Wildman–Crippen MR) is 62.6 cm³/mol. The Kier molecular flexibility index (Phi) is 2.92. The van der Waals surface area contributed by atoms with Crippen LogP contribution in [0.1, 0.15) is 17.0 Å². The first-order valence-corrected chi connectivity index (χ1v) is 5.16. The van der Waals surface area contributed by atoms with Gasteiger partial charge in [-0.05, 0) is 31.5 Å². The van der Waals surface area contributed by atoms with Crippen molar-refractivity contribution in [1.82, 2.24) is 15.0 Å². The van der Waals surface area contributed by atoms with Crippen molar-refractivity contribution in [2.45, 2.75) is 20.4 Å². The fourth-order valence-corrected chi connectivity index (χ4v) is 1.58. The highest BCUT2D eigenvalue weighted by Crippen LogP contribution is 2.18. The van der Waals surface area contributed by atoms with Crippen LogP contribution in [0.4, 0.5) is 0 Å². The van der Waals surface area contributed by atoms with E-state index < -0.39 is 0 Å². The van der Waals surface area contributed by atoms with Crippen LogP contribution in [0.5, 0.6) is 0 Å². The van der Waals surface area contributed by atoms with Crippen molar-refractivity contribution in [1.29, 1.82) is 0 Å². The van der Waals surface area contributed by atoms with Crippen molar-refractivity contribution in [2.24, 2.45) is 5.73 Å². The molecule has 0 radical (unpaired) electrons. The lowest BCUT2D eigenvalue weighted by atomic mass is 10.1. The molecule has 0 unspecified atom stereocenters. The summed E-state index contributed by atoms with van der Waals surface area (Å²) in [6.45, 7) is 4.37. The molecule has 4 nitrogen and oxygen atoms in total. The number of nitrogens with two attached hydrogens (primary N) is 1. The summed E-state index contributed by atoms with van der Waals surface area (Å²) in [6.07, 6.45) is 3.55. The van der Waals surface area contributed by atoms with Gasteiger partial charge in [0.2, 0.25) is 0 Å². The molecule has 0 aliphatic heterocycles. The summed E-state index contributed by atoms with van der Waals surface area (Å²) in [5, 5.41) is 0. The number of hydrogen-bond donors (Lipinski definition) is 1. The standard InChI is InChI=1S/C12H14N4/c1-8-7-14-4-3-11(8)12-15-9(2)5-10(6-13)16-12/h3-5,7H,6,13H2,1-2H3. The first-order chi connectivity index (χ1) is 7.70. The number of rotatable bonds is 2. The molecule has 2 rings (SSSR count). The molecule has 2 aromatic heterocycles. The third kappa shape index (κ3) is 2.06. The molecule has 4 heteroatoms. The van der Waals surface area contributed by atoms with Gasteiger partial charge in [-0.3, -0.25) is 4.98 Å². The molecule has 0 spiro atoms. The van der Waals surface area contributed by atoms with E-state index in [0.717, 1.165) is 28.3 Å². The van der Waals surface area contributed by atoms with Crippen LogP contribution in [-0.2, 0) is 6.54 Å². The molecule has 0 atom stereocenters. The Hall–Kier alpha value is -1.81. The average molecular weight is 214 g/mol. The third-order valence-electron chi connectivity index (χ3n) is 2.38. The van der Waals surface area contributed by atoms with Gasteiger partial charge in [0.05, 0.1) is 5.69 Å². The topological polar surface area (TPSA) is 64.7 Å². The van der Waals surface area contributed by atoms with Crippen LogP contribution in [0.15, 0.2) is 24.5 Å². The van der Waals surface area contributed by atoms with E-state index in [1.165, 1.54) is 0 Å². The lowest BCUT2D eigenvalue weighted by Crippen LogP contribution is -2.04. The van der Waals surface area contributed by atoms with Crippen LogP contribution in [0, 0.1) is 13.8 Å². The highest BCUT2D eigenvalue weighted by Gasteiger charge is 2.06. The van der Waals surface area contributed by atoms with Gasteiger partial charge in [-0.2, -0.15) is 0 Å². The minimum absolute atomic E-state index is 0.431. The first kappa shape index (κ1) is 10.7. The van der Waals surface area contributed by atoms with E-state index in [2.05, 4.69) is 15.0 Å². The van der Waals surface area contributed by atoms with Gasteiger partial charge in [-0.25, -0.2) is 9.97 Å². The molecule has 0 aromatic carbocycles. The number of pyridine rings is 1. The van der Waals surface area contributed by atoms with Crippen molar-refractivity contribution in [3.63, 3.8) is 0 Å². The fraction of sp³-hybridized carbons (Fsp3) is 0.250. The molecule has 0 saturated heterocycles. The lowest BCUT2D eigenvalue weighted by Gasteiger charge is -2.06. The normalized spacial score (nSPS) is 10.4. The SMILES string of the molecule is Cc1cc(CN)nc(-c2ccncc2C)n1. The monoisotopic (exact) mass is 214 g/mol. The highest BCUT2D eigenvalue weighted by atomic mass is 14.9. The lowest BCUT2D eigenvalue weighted by molar-refractivity contribution is 0.952. The van der Waals surface area contributed by atoms with Crippen LogP contribution in [0.25, 0.3) is 11.4 Å². The largest absolute Gasteiger partial charge is 0.325 e. The molecule has 0 amide bonds. The third-order valence-corrected chi connectivity index (χ3v) is 2.38. The molecule has 0 aliphatic rings. The van der Waals surface area contributed by atoms with Gasteiger partial charge >= 0.3 is 0 Å². The molecule has 2 heterocycles. The maximum atomic E-state index is 5.60. The van der Waals surface area contributed by atoms with Gasteiger partial charge in [0.25, 0.3) is 0 Å². The van der Waals surface area contributed by atoms with Crippen LogP contribution in [0.3, 0.4) is 0 Å². The quantitative estimate of drug-likeness (QED) is 0.825. The maximum absolute atomic E-state index is 5.60. The van der Waals surface area contributed by atoms with Gasteiger partial charge in [0.1, 0.15) is 0 Å². The van der Waals surface area contributed by atoms with E-state index >= 15 is 0 Å². The molecule has 2 aromatic rings. The molecule has 16 heavy (non-hydrogen) atoms. The zero-order valence-electron chi connectivity index (χ0n) is 9.44. The Morgan fingerprint density at radius 1 is 1.25 bits per heavy atom. The van der Waals surface area contributed by atoms with E-state index in [9.17, 15) is 0 Å². The van der Waals surface area contributed by atoms with E-state index in [0.29, 0.717) is 6.54 Å². The van der Waals surface area contributed by atoms with Gasteiger partial charge in [-0.1, -0.05) is 0 Å². The van der Waals surface area contributed by atoms with Gasteiger partial charge in [0.15, 0.2) is 5.82 Å². The zero-order valence-corrected chi connectivity index (χ0v) is 9.44. The van der Waals surface area contributed by atoms with Crippen molar-refractivity contribution in [2.75, 3.05) is 0 Å². The highest BCUT2D eigenvalue weighted by molar-refractivity contribution is 5.58. The van der Waals surface area contributed by atoms with E-state index in [1.807, 2.05) is 32.2 Å². The summed E-state index contributed by atoms with van der Waals surface area (Å²) >= 11 is 0. The van der Waals surface area contributed by atoms with Crippen molar-refractivity contribution >= 4 is 0 Å². The van der Waals surface area contributed by atoms with E-state index in [-0.39, 0.29) is 0 Å². The summed E-state index contributed by atoms with van der Waals surface area (Å²) in [4.78, 5) is 12.9. The minimum atomic E-state index is 0.431. The molecular formula is C12H14N4. The Morgan fingerprint density at radius 2 is 2.06 bits per heavy atom. The Bertz CT molecular complexity index is 508. The van der Waals surface area contributed by atoms with Gasteiger partial charge in [0, 0.05) is 30.2 Å². The predicted octanol–water partition coefficient (Wildman–Crippen LogP) is 1.61. The molecule has 0 aliphatic carbocycles. The van der Waals surface area contributed by atoms with E-state index in [4.69, 9.17) is 5.73 Å². The van der Waals surface area contributed by atoms with Crippen molar-refractivity contribution in [3.8, 4) is 11.4 Å². The molecular weight excluding hydrogens is 200 g/mol. The smallest absolute Gasteiger partial charge is 0.160 e. The number of aryl methyl sites for hydroxylation is 2. The number of hydrogen-bond acceptors (Lipinski definition) is 4. The first-order valence-electron chi connectivity index (χ1n) is 5.16. The maximum Gasteiger partial charge on any atom is 0.160 e. The van der Waals surface area contributed by atoms with Gasteiger partial charge < -0.3 is 5.73 Å². The van der Waals surface area contributed by atoms with E-state index in [1.54, 1.807) is 6.20 Å². The average Bonchev–Trinajstić information content (AvgIpc) is 2.28. The summed E-state index contributed by atoms with van der Waals surface area (Å²) in [5.74, 6) is 0.723. The van der Waals surface area contributed by atoms with Crippen LogP contribution < -0.4 is 5.73 Å². The molecule has 0 saturated carbocycles. The summed E-state index contributed by atoms with van der Waals surface area (Å²) in [6, 6.07) is 3.82. The number of nitrogens with zero attached hydrogens (tertiary/aromatic N) is 3. The Labute approximate surface area is 94.6 Å². The van der Waals surface area contributed by atoms with Gasteiger partial charge in [-0.15, -0.1) is 0 Å². The second-order valence-corrected chi connectivity index (χ2v) is 3.72. The molecule has 0 fully saturated rings. The minimum Gasteiger partial charge on any atom is -0.325 e. The fourth-order valence-electron chi connectivity index (χ4n) is 1.58. The molecule has 2 N–H and O–H groups in total. The number of aromatic nitrogens is 3. The molecule has 82 valence electrons. The zero-order chi connectivity index (χ0) is 11.5. The van der Waals surface area contributed by atoms with Crippen LogP contribution >= 0.6 is 0 Å². The second kappa shape index (κ2) is 4.37. The Morgan fingerprint density at radius 3 is 2.75 bits per heavy atom. The van der Waals surface area contributed by atoms with Crippen LogP contribution in [-0.4, -0.2) is 15.0 Å². The van der Waals surface area contributed by atoms with Crippen molar-refractivity contribution < 1.29 is 0 Å². The van der Waals surface area contributed by atoms with Crippen molar-refractivity contribution in [3.05, 3.63) is 41.5 Å². The summed E-state index contributed by atoms with van der Waals surface area (Å²) in [5.41, 5.74) is 9.47. The summed E-state index contributed by atoms with van der Waals surface area (Å²) in [7, 11) is 0. The summed E-state index contributed by atoms with van der Waals surface area (Å²) < 4.78 is 0. The second-order valence-electron chi connectivity index (χ2n) is 3.72. The Balaban J connectivity index is 2.56. The molecule has 0 bridgehead atoms.